The molecule has 0 bridgehead atoms. The van der Waals surface area contributed by atoms with Crippen LogP contribution in [0.4, 0.5) is 0 Å². The molecule has 0 fully saturated rings. The highest BCUT2D eigenvalue weighted by Crippen LogP contribution is 1.94. The van der Waals surface area contributed by atoms with Gasteiger partial charge in [-0.3, -0.25) is 9.59 Å². The Bertz CT molecular complexity index is 403. The predicted octanol–water partition coefficient (Wildman–Crippen LogP) is -0.183. The largest absolute Gasteiger partial charge is 0.466 e. The molecule has 7 nitrogen and oxygen atoms in total. The minimum absolute atomic E-state index is 0.115. The average Bonchev–Trinajstić information content (AvgIpc) is 2.73. The lowest BCUT2D eigenvalue weighted by Crippen LogP contribution is -2.26. The van der Waals surface area contributed by atoms with Gasteiger partial charge in [0.15, 0.2) is 0 Å². The predicted molar refractivity (Wildman–Crippen MR) is 63.6 cm³/mol. The van der Waals surface area contributed by atoms with E-state index in [4.69, 9.17) is 4.74 Å². The summed E-state index contributed by atoms with van der Waals surface area (Å²) in [6.45, 7) is 2.56. The molecule has 0 aromatic carbocycles. The fraction of sp³-hybridized carbons (Fsp3) is 0.636. The molecule has 0 radical (unpaired) electrons. The normalized spacial score (nSPS) is 10.1. The summed E-state index contributed by atoms with van der Waals surface area (Å²) in [5.41, 5.74) is 0. The molecular weight excluding hydrogens is 236 g/mol. The second kappa shape index (κ2) is 7.41. The lowest BCUT2D eigenvalue weighted by Gasteiger charge is -2.04. The van der Waals surface area contributed by atoms with Gasteiger partial charge < -0.3 is 14.6 Å². The first-order valence-electron chi connectivity index (χ1n) is 5.88. The van der Waals surface area contributed by atoms with E-state index in [-0.39, 0.29) is 24.7 Å². The van der Waals surface area contributed by atoms with Gasteiger partial charge in [-0.05, 0) is 6.92 Å². The average molecular weight is 254 g/mol. The smallest absolute Gasteiger partial charge is 0.306 e. The van der Waals surface area contributed by atoms with Crippen molar-refractivity contribution in [3.63, 3.8) is 0 Å². The fourth-order valence-corrected chi connectivity index (χ4v) is 1.38. The van der Waals surface area contributed by atoms with E-state index in [1.807, 2.05) is 7.05 Å². The van der Waals surface area contributed by atoms with Crippen LogP contribution in [0.25, 0.3) is 0 Å². The molecule has 0 spiro atoms. The molecule has 0 aliphatic rings. The lowest BCUT2D eigenvalue weighted by molar-refractivity contribution is -0.144. The van der Waals surface area contributed by atoms with Crippen LogP contribution in [0.5, 0.6) is 0 Å². The molecule has 0 aliphatic carbocycles. The first-order valence-corrected chi connectivity index (χ1v) is 5.88. The molecule has 1 N–H and O–H groups in total. The Balaban J connectivity index is 2.14. The number of nitrogens with one attached hydrogen (secondary N) is 1. The lowest BCUT2D eigenvalue weighted by atomic mass is 10.3. The van der Waals surface area contributed by atoms with Crippen LogP contribution in [-0.2, 0) is 27.8 Å². The molecule has 1 heterocycles. The highest BCUT2D eigenvalue weighted by molar-refractivity contribution is 5.81. The molecular formula is C11H18N4O3. The second-order valence-corrected chi connectivity index (χ2v) is 3.76. The van der Waals surface area contributed by atoms with Crippen molar-refractivity contribution in [2.75, 3.05) is 13.2 Å². The van der Waals surface area contributed by atoms with Crippen LogP contribution in [0.1, 0.15) is 25.6 Å². The van der Waals surface area contributed by atoms with Gasteiger partial charge in [0.05, 0.1) is 13.0 Å². The van der Waals surface area contributed by atoms with Gasteiger partial charge in [-0.1, -0.05) is 0 Å². The highest BCUT2D eigenvalue weighted by atomic mass is 16.5. The van der Waals surface area contributed by atoms with Gasteiger partial charge in [0.1, 0.15) is 12.2 Å². The summed E-state index contributed by atoms with van der Waals surface area (Å²) < 4.78 is 6.53. The summed E-state index contributed by atoms with van der Waals surface area (Å²) in [4.78, 5) is 22.4. The number of nitrogens with zero attached hydrogens (tertiary/aromatic N) is 3. The number of aryl methyl sites for hydroxylation is 1. The number of ether oxygens (including phenoxy) is 1. The first kappa shape index (κ1) is 14.1. The number of carbonyl (C=O) groups is 2. The van der Waals surface area contributed by atoms with E-state index in [1.54, 1.807) is 17.8 Å². The van der Waals surface area contributed by atoms with Crippen LogP contribution < -0.4 is 5.32 Å². The molecule has 0 atom stereocenters. The molecule has 0 saturated carbocycles. The Morgan fingerprint density at radius 1 is 1.44 bits per heavy atom. The fourth-order valence-electron chi connectivity index (χ4n) is 1.38. The monoisotopic (exact) mass is 254 g/mol. The topological polar surface area (TPSA) is 86.1 Å². The van der Waals surface area contributed by atoms with Crippen molar-refractivity contribution in [3.05, 3.63) is 12.2 Å². The number of esters is 1. The van der Waals surface area contributed by atoms with E-state index < -0.39 is 0 Å². The van der Waals surface area contributed by atoms with E-state index in [2.05, 4.69) is 15.5 Å². The van der Waals surface area contributed by atoms with Gasteiger partial charge in [-0.2, -0.15) is 0 Å². The molecule has 1 aromatic heterocycles. The van der Waals surface area contributed by atoms with E-state index >= 15 is 0 Å². The second-order valence-electron chi connectivity index (χ2n) is 3.76. The summed E-state index contributed by atoms with van der Waals surface area (Å²) in [7, 11) is 1.85. The zero-order valence-corrected chi connectivity index (χ0v) is 10.7. The molecule has 0 aliphatic heterocycles. The Morgan fingerprint density at radius 2 is 2.22 bits per heavy atom. The van der Waals surface area contributed by atoms with Crippen molar-refractivity contribution in [2.24, 2.45) is 7.05 Å². The minimum Gasteiger partial charge on any atom is -0.466 e. The molecule has 1 rings (SSSR count). The van der Waals surface area contributed by atoms with Crippen molar-refractivity contribution in [2.45, 2.75) is 26.2 Å². The van der Waals surface area contributed by atoms with Crippen molar-refractivity contribution >= 4 is 11.9 Å². The van der Waals surface area contributed by atoms with Gasteiger partial charge >= 0.3 is 5.97 Å². The van der Waals surface area contributed by atoms with Crippen LogP contribution in [0.2, 0.25) is 0 Å². The van der Waals surface area contributed by atoms with E-state index in [1.165, 1.54) is 0 Å². The van der Waals surface area contributed by atoms with Crippen LogP contribution in [-0.4, -0.2) is 39.8 Å². The minimum atomic E-state index is -0.346. The zero-order chi connectivity index (χ0) is 13.4. The molecule has 7 heteroatoms. The summed E-state index contributed by atoms with van der Waals surface area (Å²) in [5.74, 6) is 0.298. The zero-order valence-electron chi connectivity index (χ0n) is 10.7. The number of amides is 1. The highest BCUT2D eigenvalue weighted by Gasteiger charge is 2.07. The van der Waals surface area contributed by atoms with Crippen molar-refractivity contribution < 1.29 is 14.3 Å². The molecule has 100 valence electrons. The van der Waals surface area contributed by atoms with Crippen LogP contribution in [0, 0.1) is 0 Å². The van der Waals surface area contributed by atoms with E-state index in [0.29, 0.717) is 19.6 Å². The van der Waals surface area contributed by atoms with Gasteiger partial charge in [-0.25, -0.2) is 0 Å². The molecule has 18 heavy (non-hydrogen) atoms. The molecule has 0 unspecified atom stereocenters. The third-order valence-corrected chi connectivity index (χ3v) is 2.34. The number of rotatable bonds is 7. The number of hydrogen-bond donors (Lipinski definition) is 1. The Morgan fingerprint density at radius 3 is 2.83 bits per heavy atom. The number of hydrogen-bond acceptors (Lipinski definition) is 5. The molecule has 1 aromatic rings. The number of aromatic nitrogens is 3. The van der Waals surface area contributed by atoms with Crippen molar-refractivity contribution in [1.82, 2.24) is 20.1 Å². The van der Waals surface area contributed by atoms with Crippen LogP contribution >= 0.6 is 0 Å². The standard InChI is InChI=1S/C11H18N4O3/c1-3-18-11(17)5-4-10(16)12-7-6-9-14-13-8-15(9)2/h8H,3-7H2,1-2H3,(H,12,16). The third-order valence-electron chi connectivity index (χ3n) is 2.34. The van der Waals surface area contributed by atoms with Crippen molar-refractivity contribution in [1.29, 1.82) is 0 Å². The van der Waals surface area contributed by atoms with Crippen molar-refractivity contribution in [3.8, 4) is 0 Å². The maximum absolute atomic E-state index is 11.4. The van der Waals surface area contributed by atoms with Gasteiger partial charge in [0.25, 0.3) is 0 Å². The third kappa shape index (κ3) is 4.94. The first-order chi connectivity index (χ1) is 8.63. The SMILES string of the molecule is CCOC(=O)CCC(=O)NCCc1nncn1C. The summed E-state index contributed by atoms with van der Waals surface area (Å²) >= 11 is 0. The number of carbonyl (C=O) groups excluding carboxylic acids is 2. The van der Waals surface area contributed by atoms with Gasteiger partial charge in [0.2, 0.25) is 5.91 Å². The Kier molecular flexibility index (Phi) is 5.83. The van der Waals surface area contributed by atoms with Crippen LogP contribution in [0.3, 0.4) is 0 Å². The summed E-state index contributed by atoms with van der Waals surface area (Å²) in [6.07, 6.45) is 2.49. The maximum atomic E-state index is 11.4. The van der Waals surface area contributed by atoms with E-state index in [9.17, 15) is 9.59 Å². The summed E-state index contributed by atoms with van der Waals surface area (Å²) in [5, 5.41) is 10.4. The van der Waals surface area contributed by atoms with Crippen LogP contribution in [0.15, 0.2) is 6.33 Å². The van der Waals surface area contributed by atoms with Gasteiger partial charge in [0, 0.05) is 26.4 Å². The Labute approximate surface area is 106 Å². The Hall–Kier alpha value is -1.92. The molecule has 0 saturated heterocycles. The maximum Gasteiger partial charge on any atom is 0.306 e. The molecule has 1 amide bonds. The quantitative estimate of drug-likeness (QED) is 0.682. The van der Waals surface area contributed by atoms with Gasteiger partial charge in [-0.15, -0.1) is 10.2 Å². The van der Waals surface area contributed by atoms with E-state index in [0.717, 1.165) is 5.82 Å². The summed E-state index contributed by atoms with van der Waals surface area (Å²) in [6, 6.07) is 0.